The molecule has 0 spiro atoms. The first-order valence-electron chi connectivity index (χ1n) is 3.91. The van der Waals surface area contributed by atoms with Gasteiger partial charge in [0.05, 0.1) is 0 Å². The van der Waals surface area contributed by atoms with Gasteiger partial charge in [-0.05, 0) is 0 Å². The number of hydrogen-bond donors (Lipinski definition) is 1. The van der Waals surface area contributed by atoms with Crippen molar-refractivity contribution in [2.24, 2.45) is 0 Å². The van der Waals surface area contributed by atoms with Crippen LogP contribution in [0.25, 0.3) is 8.79 Å². The zero-order chi connectivity index (χ0) is 9.42. The monoisotopic (exact) mass is 290 g/mol. The Kier molecular flexibility index (Phi) is 2.15. The molecule has 0 saturated carbocycles. The molecule has 2 rings (SSSR count). The number of benzene rings is 1. The second-order valence-electron chi connectivity index (χ2n) is 2.87. The Labute approximate surface area is 85.1 Å². The molecule has 2 aromatic rings. The summed E-state index contributed by atoms with van der Waals surface area (Å²) < 4.78 is 2.23. The molecule has 0 aliphatic rings. The van der Waals surface area contributed by atoms with Gasteiger partial charge in [-0.15, -0.1) is 0 Å². The molecule has 0 bridgehead atoms. The minimum atomic E-state index is -0.412. The molecule has 0 radical (unpaired) electrons. The molecule has 0 atom stereocenters. The van der Waals surface area contributed by atoms with E-state index >= 15 is 0 Å². The van der Waals surface area contributed by atoms with Crippen molar-refractivity contribution < 1.29 is 5.11 Å². The van der Waals surface area contributed by atoms with Gasteiger partial charge in [0.15, 0.2) is 0 Å². The number of rotatable bonds is 0. The molecule has 66 valence electrons. The van der Waals surface area contributed by atoms with Crippen molar-refractivity contribution in [3.8, 4) is 5.75 Å². The van der Waals surface area contributed by atoms with E-state index in [4.69, 9.17) is 0 Å². The summed E-state index contributed by atoms with van der Waals surface area (Å²) in [5, 5.41) is 10.0. The van der Waals surface area contributed by atoms with Crippen LogP contribution in [0.4, 0.5) is 0 Å². The normalized spacial score (nSPS) is 10.5. The fourth-order valence-corrected chi connectivity index (χ4v) is 4.07. The Balaban J connectivity index is 3.03. The van der Waals surface area contributed by atoms with E-state index in [0.29, 0.717) is 5.39 Å². The van der Waals surface area contributed by atoms with Gasteiger partial charge in [-0.1, -0.05) is 0 Å². The number of fused-ring (bicyclic) bond motifs is 1. The number of aromatic hydroxyl groups is 1. The van der Waals surface area contributed by atoms with Gasteiger partial charge in [0.1, 0.15) is 0 Å². The standard InChI is InChI=1S/C10H8O2Te/c1-6-5-8(12)10-7(11)3-2-4-9(10)13-6/h2-5,11H,1H3. The van der Waals surface area contributed by atoms with Crippen LogP contribution in [0.2, 0.25) is 0 Å². The second kappa shape index (κ2) is 3.17. The Hall–Kier alpha value is -0.780. The van der Waals surface area contributed by atoms with Crippen LogP contribution in [-0.2, 0) is 0 Å². The average Bonchev–Trinajstić information content (AvgIpc) is 2.02. The molecule has 2 nitrogen and oxygen atoms in total. The summed E-state index contributed by atoms with van der Waals surface area (Å²) in [6.07, 6.45) is 0. The number of hydrogen-bond acceptors (Lipinski definition) is 2. The van der Waals surface area contributed by atoms with E-state index < -0.39 is 20.4 Å². The van der Waals surface area contributed by atoms with E-state index in [1.807, 2.05) is 13.0 Å². The molecule has 1 heterocycles. The first-order chi connectivity index (χ1) is 6.18. The van der Waals surface area contributed by atoms with Crippen LogP contribution in [0.15, 0.2) is 29.1 Å². The van der Waals surface area contributed by atoms with Crippen LogP contribution in [0, 0.1) is 6.92 Å². The first kappa shape index (κ1) is 8.80. The van der Waals surface area contributed by atoms with E-state index in [1.165, 1.54) is 3.58 Å². The topological polar surface area (TPSA) is 37.3 Å². The first-order valence-corrected chi connectivity index (χ1v) is 6.24. The third-order valence-corrected chi connectivity index (χ3v) is 4.71. The van der Waals surface area contributed by atoms with Crippen molar-refractivity contribution in [2.45, 2.75) is 6.92 Å². The number of aryl methyl sites for hydroxylation is 1. The van der Waals surface area contributed by atoms with Crippen molar-refractivity contribution >= 4 is 29.2 Å². The average molecular weight is 288 g/mol. The second-order valence-corrected chi connectivity index (χ2v) is 6.55. The Morgan fingerprint density at radius 1 is 1.38 bits per heavy atom. The molecule has 13 heavy (non-hydrogen) atoms. The maximum atomic E-state index is 11.5. The number of phenols is 1. The summed E-state index contributed by atoms with van der Waals surface area (Å²) in [5.41, 5.74) is -0.0537. The molecular formula is C10H8O2Te. The molecule has 0 saturated heterocycles. The van der Waals surface area contributed by atoms with Gasteiger partial charge in [0.2, 0.25) is 0 Å². The fraction of sp³-hybridized carbons (Fsp3) is 0.100. The van der Waals surface area contributed by atoms with Crippen molar-refractivity contribution in [3.63, 3.8) is 0 Å². The van der Waals surface area contributed by atoms with Gasteiger partial charge in [0.25, 0.3) is 0 Å². The van der Waals surface area contributed by atoms with Crippen LogP contribution in [0.1, 0.15) is 3.58 Å². The molecule has 1 aromatic carbocycles. The van der Waals surface area contributed by atoms with E-state index in [1.54, 1.807) is 18.2 Å². The summed E-state index contributed by atoms with van der Waals surface area (Å²) in [6.45, 7) is 1.98. The van der Waals surface area contributed by atoms with Gasteiger partial charge in [0, 0.05) is 0 Å². The molecule has 0 unspecified atom stereocenters. The van der Waals surface area contributed by atoms with Crippen molar-refractivity contribution in [2.75, 3.05) is 0 Å². The fourth-order valence-electron chi connectivity index (χ4n) is 1.31. The van der Waals surface area contributed by atoms with E-state index in [0.717, 1.165) is 3.40 Å². The van der Waals surface area contributed by atoms with Crippen molar-refractivity contribution in [1.82, 2.24) is 0 Å². The van der Waals surface area contributed by atoms with Crippen LogP contribution in [-0.4, -0.2) is 25.5 Å². The van der Waals surface area contributed by atoms with Crippen LogP contribution >= 0.6 is 0 Å². The van der Waals surface area contributed by atoms with Gasteiger partial charge < -0.3 is 0 Å². The van der Waals surface area contributed by atoms with E-state index in [9.17, 15) is 9.90 Å². The Morgan fingerprint density at radius 2 is 2.15 bits per heavy atom. The molecule has 0 aliphatic heterocycles. The van der Waals surface area contributed by atoms with Crippen molar-refractivity contribution in [1.29, 1.82) is 0 Å². The molecule has 1 N–H and O–H groups in total. The van der Waals surface area contributed by atoms with Crippen LogP contribution < -0.4 is 5.43 Å². The van der Waals surface area contributed by atoms with Gasteiger partial charge in [-0.3, -0.25) is 0 Å². The predicted octanol–water partition coefficient (Wildman–Crippen LogP) is 1.27. The minimum absolute atomic E-state index is 0.0537. The van der Waals surface area contributed by atoms with Gasteiger partial charge >= 0.3 is 85.1 Å². The third-order valence-electron chi connectivity index (χ3n) is 1.86. The molecule has 0 aliphatic carbocycles. The van der Waals surface area contributed by atoms with Gasteiger partial charge in [-0.25, -0.2) is 0 Å². The van der Waals surface area contributed by atoms with E-state index in [2.05, 4.69) is 0 Å². The Morgan fingerprint density at radius 3 is 2.92 bits per heavy atom. The summed E-state index contributed by atoms with van der Waals surface area (Å²) in [4.78, 5) is 11.5. The van der Waals surface area contributed by atoms with Crippen molar-refractivity contribution in [3.05, 3.63) is 38.1 Å². The zero-order valence-corrected chi connectivity index (χ0v) is 9.40. The summed E-state index contributed by atoms with van der Waals surface area (Å²) in [6, 6.07) is 6.94. The predicted molar refractivity (Wildman–Crippen MR) is 53.6 cm³/mol. The quantitative estimate of drug-likeness (QED) is 0.741. The molecule has 0 fully saturated rings. The Bertz CT molecular complexity index is 514. The van der Waals surface area contributed by atoms with E-state index in [-0.39, 0.29) is 11.2 Å². The van der Waals surface area contributed by atoms with Crippen LogP contribution in [0.3, 0.4) is 0 Å². The maximum absolute atomic E-state index is 11.5. The summed E-state index contributed by atoms with van der Waals surface area (Å²) in [5.74, 6) is 0.122. The van der Waals surface area contributed by atoms with Gasteiger partial charge in [-0.2, -0.15) is 0 Å². The molecule has 3 heteroatoms. The van der Waals surface area contributed by atoms with Crippen LogP contribution in [0.5, 0.6) is 5.75 Å². The zero-order valence-electron chi connectivity index (χ0n) is 7.07. The molecule has 0 amide bonds. The molecular weight excluding hydrogens is 280 g/mol. The SMILES string of the molecule is Cc1cc(=O)c2c(O)cccc2[te]1. The number of phenolic OH excluding ortho intramolecular Hbond substituents is 1. The molecule has 1 aromatic heterocycles. The summed E-state index contributed by atoms with van der Waals surface area (Å²) in [7, 11) is 0. The summed E-state index contributed by atoms with van der Waals surface area (Å²) >= 11 is -0.412. The third kappa shape index (κ3) is 1.50.